The van der Waals surface area contributed by atoms with Gasteiger partial charge < -0.3 is 11.1 Å². The first-order valence-electron chi connectivity index (χ1n) is 6.36. The number of nitrogens with one attached hydrogen (secondary N) is 1. The lowest BCUT2D eigenvalue weighted by Gasteiger charge is -2.27. The molecule has 1 atom stereocenters. The molecule has 1 rings (SSSR count). The normalized spacial score (nSPS) is 13.2. The van der Waals surface area contributed by atoms with Gasteiger partial charge in [-0.05, 0) is 36.5 Å². The van der Waals surface area contributed by atoms with Gasteiger partial charge in [-0.15, -0.1) is 0 Å². The van der Waals surface area contributed by atoms with E-state index in [4.69, 9.17) is 5.73 Å². The van der Waals surface area contributed by atoms with Crippen LogP contribution in [0.2, 0.25) is 0 Å². The molecular formula is C15H24N2O. The number of Topliss-reactive ketones (excluding diaryl/α,β-unsaturated/α-hetero) is 1. The number of anilines is 2. The number of hydrogen-bond donors (Lipinski definition) is 2. The molecule has 1 aromatic carbocycles. The third-order valence-electron chi connectivity index (χ3n) is 3.52. The van der Waals surface area contributed by atoms with Crippen LogP contribution >= 0.6 is 0 Å². The van der Waals surface area contributed by atoms with Crippen molar-refractivity contribution >= 4 is 17.2 Å². The van der Waals surface area contributed by atoms with E-state index in [2.05, 4.69) is 33.0 Å². The molecule has 0 saturated carbocycles. The molecule has 0 amide bonds. The Balaban J connectivity index is 2.75. The number of carbonyl (C=O) groups excluding carboxylic acids is 1. The number of ketones is 1. The maximum absolute atomic E-state index is 11.4. The highest BCUT2D eigenvalue weighted by molar-refractivity contribution is 5.99. The van der Waals surface area contributed by atoms with Gasteiger partial charge in [0.25, 0.3) is 0 Å². The SMILES string of the molecule is CC(=O)c1cc(NCC(C)C(C)(C)C)ccc1N. The van der Waals surface area contributed by atoms with E-state index < -0.39 is 0 Å². The predicted octanol–water partition coefficient (Wildman–Crippen LogP) is 3.57. The molecule has 3 nitrogen and oxygen atoms in total. The predicted molar refractivity (Wildman–Crippen MR) is 78.0 cm³/mol. The molecule has 0 fully saturated rings. The fourth-order valence-electron chi connectivity index (χ4n) is 1.55. The van der Waals surface area contributed by atoms with E-state index in [0.717, 1.165) is 12.2 Å². The van der Waals surface area contributed by atoms with Crippen LogP contribution in [0.25, 0.3) is 0 Å². The average molecular weight is 248 g/mol. The van der Waals surface area contributed by atoms with E-state index >= 15 is 0 Å². The first-order chi connectivity index (χ1) is 8.21. The highest BCUT2D eigenvalue weighted by Crippen LogP contribution is 2.26. The summed E-state index contributed by atoms with van der Waals surface area (Å²) in [5, 5.41) is 3.37. The molecule has 1 aromatic rings. The van der Waals surface area contributed by atoms with Gasteiger partial charge in [0, 0.05) is 23.5 Å². The summed E-state index contributed by atoms with van der Waals surface area (Å²) in [6.07, 6.45) is 0. The summed E-state index contributed by atoms with van der Waals surface area (Å²) >= 11 is 0. The molecule has 1 unspecified atom stereocenters. The van der Waals surface area contributed by atoms with Crippen molar-refractivity contribution in [2.75, 3.05) is 17.6 Å². The van der Waals surface area contributed by atoms with Gasteiger partial charge in [-0.2, -0.15) is 0 Å². The van der Waals surface area contributed by atoms with E-state index in [9.17, 15) is 4.79 Å². The quantitative estimate of drug-likeness (QED) is 0.632. The van der Waals surface area contributed by atoms with Crippen molar-refractivity contribution in [2.45, 2.75) is 34.6 Å². The topological polar surface area (TPSA) is 55.1 Å². The first kappa shape index (κ1) is 14.6. The Morgan fingerprint density at radius 1 is 1.39 bits per heavy atom. The smallest absolute Gasteiger partial charge is 0.161 e. The van der Waals surface area contributed by atoms with Gasteiger partial charge in [0.05, 0.1) is 0 Å². The molecule has 3 heteroatoms. The minimum absolute atomic E-state index is 0.0000184. The third-order valence-corrected chi connectivity index (χ3v) is 3.52. The number of nitrogens with two attached hydrogens (primary N) is 1. The standard InChI is InChI=1S/C15H24N2O/c1-10(15(3,4)5)9-17-12-6-7-14(16)13(8-12)11(2)18/h6-8,10,17H,9,16H2,1-5H3. The van der Waals surface area contributed by atoms with Gasteiger partial charge >= 0.3 is 0 Å². The maximum atomic E-state index is 11.4. The van der Waals surface area contributed by atoms with Crippen LogP contribution in [0, 0.1) is 11.3 Å². The van der Waals surface area contributed by atoms with Crippen molar-refractivity contribution in [3.05, 3.63) is 23.8 Å². The van der Waals surface area contributed by atoms with Crippen molar-refractivity contribution in [1.82, 2.24) is 0 Å². The molecular weight excluding hydrogens is 224 g/mol. The molecule has 3 N–H and O–H groups in total. The number of benzene rings is 1. The summed E-state index contributed by atoms with van der Waals surface area (Å²) in [6.45, 7) is 11.3. The van der Waals surface area contributed by atoms with Crippen LogP contribution < -0.4 is 11.1 Å². The van der Waals surface area contributed by atoms with Crippen molar-refractivity contribution in [3.63, 3.8) is 0 Å². The van der Waals surface area contributed by atoms with E-state index in [0.29, 0.717) is 17.2 Å². The van der Waals surface area contributed by atoms with Crippen LogP contribution in [-0.4, -0.2) is 12.3 Å². The van der Waals surface area contributed by atoms with Gasteiger partial charge in [0.15, 0.2) is 5.78 Å². The van der Waals surface area contributed by atoms with Gasteiger partial charge in [0.2, 0.25) is 0 Å². The first-order valence-corrected chi connectivity index (χ1v) is 6.36. The Kier molecular flexibility index (Phi) is 4.38. The molecule has 0 aromatic heterocycles. The Morgan fingerprint density at radius 3 is 2.50 bits per heavy atom. The van der Waals surface area contributed by atoms with Gasteiger partial charge in [0.1, 0.15) is 0 Å². The molecule has 0 aliphatic rings. The van der Waals surface area contributed by atoms with E-state index in [-0.39, 0.29) is 11.2 Å². The lowest BCUT2D eigenvalue weighted by atomic mass is 9.82. The maximum Gasteiger partial charge on any atom is 0.161 e. The van der Waals surface area contributed by atoms with Crippen molar-refractivity contribution in [2.24, 2.45) is 11.3 Å². The zero-order valence-corrected chi connectivity index (χ0v) is 12.0. The van der Waals surface area contributed by atoms with Crippen LogP contribution in [-0.2, 0) is 0 Å². The summed E-state index contributed by atoms with van der Waals surface area (Å²) in [5.74, 6) is 0.538. The zero-order valence-electron chi connectivity index (χ0n) is 12.0. The van der Waals surface area contributed by atoms with Gasteiger partial charge in [-0.3, -0.25) is 4.79 Å². The highest BCUT2D eigenvalue weighted by atomic mass is 16.1. The number of nitrogen functional groups attached to an aromatic ring is 1. The Bertz CT molecular complexity index is 433. The summed E-state index contributed by atoms with van der Waals surface area (Å²) in [4.78, 5) is 11.4. The molecule has 0 aliphatic heterocycles. The van der Waals surface area contributed by atoms with E-state index in [1.54, 1.807) is 6.07 Å². The van der Waals surface area contributed by atoms with Crippen molar-refractivity contribution in [3.8, 4) is 0 Å². The lowest BCUT2D eigenvalue weighted by Crippen LogP contribution is -2.24. The van der Waals surface area contributed by atoms with Gasteiger partial charge in [-0.1, -0.05) is 27.7 Å². The number of carbonyl (C=O) groups is 1. The lowest BCUT2D eigenvalue weighted by molar-refractivity contribution is 0.101. The molecule has 0 radical (unpaired) electrons. The van der Waals surface area contributed by atoms with Crippen molar-refractivity contribution in [1.29, 1.82) is 0 Å². The fourth-order valence-corrected chi connectivity index (χ4v) is 1.55. The van der Waals surface area contributed by atoms with Crippen molar-refractivity contribution < 1.29 is 4.79 Å². The Hall–Kier alpha value is -1.51. The van der Waals surface area contributed by atoms with E-state index in [1.165, 1.54) is 6.92 Å². The minimum Gasteiger partial charge on any atom is -0.398 e. The van der Waals surface area contributed by atoms with Crippen LogP contribution in [0.4, 0.5) is 11.4 Å². The van der Waals surface area contributed by atoms with Crippen LogP contribution in [0.15, 0.2) is 18.2 Å². The summed E-state index contributed by atoms with van der Waals surface area (Å²) in [5.41, 5.74) is 8.11. The fraction of sp³-hybridized carbons (Fsp3) is 0.533. The summed E-state index contributed by atoms with van der Waals surface area (Å²) in [7, 11) is 0. The Morgan fingerprint density at radius 2 is 2.00 bits per heavy atom. The van der Waals surface area contributed by atoms with Crippen LogP contribution in [0.1, 0.15) is 45.0 Å². The molecule has 0 saturated heterocycles. The summed E-state index contributed by atoms with van der Waals surface area (Å²) in [6, 6.07) is 5.52. The zero-order chi connectivity index (χ0) is 13.9. The van der Waals surface area contributed by atoms with Gasteiger partial charge in [-0.25, -0.2) is 0 Å². The van der Waals surface area contributed by atoms with E-state index in [1.807, 2.05) is 12.1 Å². The molecule has 18 heavy (non-hydrogen) atoms. The largest absolute Gasteiger partial charge is 0.398 e. The molecule has 0 spiro atoms. The second kappa shape index (κ2) is 5.42. The second-order valence-electron chi connectivity index (χ2n) is 6.01. The second-order valence-corrected chi connectivity index (χ2v) is 6.01. The highest BCUT2D eigenvalue weighted by Gasteiger charge is 2.19. The number of hydrogen-bond acceptors (Lipinski definition) is 3. The third kappa shape index (κ3) is 3.76. The number of rotatable bonds is 4. The monoisotopic (exact) mass is 248 g/mol. The summed E-state index contributed by atoms with van der Waals surface area (Å²) < 4.78 is 0. The van der Waals surface area contributed by atoms with Crippen LogP contribution in [0.5, 0.6) is 0 Å². The molecule has 100 valence electrons. The average Bonchev–Trinajstić information content (AvgIpc) is 2.25. The molecule has 0 aliphatic carbocycles. The van der Waals surface area contributed by atoms with Crippen LogP contribution in [0.3, 0.4) is 0 Å². The molecule has 0 bridgehead atoms. The Labute approximate surface area is 110 Å². The molecule has 0 heterocycles. The minimum atomic E-state index is 0.0000184.